The number of amides is 1. The SMILES string of the molecule is CC[C@@H](Oc1cccc(OC)c1)C(=O)N1CCN(c2cccc(Cl)c2)CC1. The molecule has 6 heteroatoms. The van der Waals surface area contributed by atoms with E-state index in [1.54, 1.807) is 13.2 Å². The Kier molecular flexibility index (Phi) is 6.45. The molecule has 2 aromatic carbocycles. The van der Waals surface area contributed by atoms with Gasteiger partial charge in [-0.05, 0) is 36.8 Å². The Hall–Kier alpha value is -2.40. The third kappa shape index (κ3) is 4.86. The van der Waals surface area contributed by atoms with Crippen molar-refractivity contribution in [1.29, 1.82) is 0 Å². The van der Waals surface area contributed by atoms with Crippen molar-refractivity contribution in [3.63, 3.8) is 0 Å². The minimum Gasteiger partial charge on any atom is -0.497 e. The third-order valence-electron chi connectivity index (χ3n) is 4.73. The zero-order valence-corrected chi connectivity index (χ0v) is 16.5. The van der Waals surface area contributed by atoms with Gasteiger partial charge in [0.2, 0.25) is 0 Å². The fraction of sp³-hybridized carbons (Fsp3) is 0.381. The van der Waals surface area contributed by atoms with Crippen LogP contribution in [0.3, 0.4) is 0 Å². The molecule has 0 spiro atoms. The fourth-order valence-electron chi connectivity index (χ4n) is 3.21. The maximum atomic E-state index is 12.9. The average Bonchev–Trinajstić information content (AvgIpc) is 2.72. The summed E-state index contributed by atoms with van der Waals surface area (Å²) in [6, 6.07) is 15.2. The van der Waals surface area contributed by atoms with Crippen LogP contribution in [0.15, 0.2) is 48.5 Å². The lowest BCUT2D eigenvalue weighted by Gasteiger charge is -2.37. The number of rotatable bonds is 6. The Labute approximate surface area is 165 Å². The van der Waals surface area contributed by atoms with E-state index in [-0.39, 0.29) is 5.91 Å². The minimum absolute atomic E-state index is 0.0334. The summed E-state index contributed by atoms with van der Waals surface area (Å²) in [6.45, 7) is 4.86. The molecule has 0 radical (unpaired) electrons. The van der Waals surface area contributed by atoms with Crippen LogP contribution < -0.4 is 14.4 Å². The predicted octanol–water partition coefficient (Wildman–Crippen LogP) is 3.85. The van der Waals surface area contributed by atoms with Crippen LogP contribution in [0.1, 0.15) is 13.3 Å². The van der Waals surface area contributed by atoms with E-state index in [1.165, 1.54) is 0 Å². The molecule has 1 aliphatic rings. The number of nitrogens with zero attached hydrogens (tertiary/aromatic N) is 2. The first-order valence-electron chi connectivity index (χ1n) is 9.20. The number of carbonyl (C=O) groups is 1. The van der Waals surface area contributed by atoms with Crippen molar-refractivity contribution >= 4 is 23.2 Å². The summed E-state index contributed by atoms with van der Waals surface area (Å²) in [4.78, 5) is 17.0. The van der Waals surface area contributed by atoms with Crippen LogP contribution in [0.25, 0.3) is 0 Å². The summed E-state index contributed by atoms with van der Waals surface area (Å²) < 4.78 is 11.2. The Balaban J connectivity index is 1.59. The van der Waals surface area contributed by atoms with Crippen molar-refractivity contribution in [3.8, 4) is 11.5 Å². The van der Waals surface area contributed by atoms with Crippen molar-refractivity contribution in [3.05, 3.63) is 53.6 Å². The van der Waals surface area contributed by atoms with Crippen molar-refractivity contribution in [1.82, 2.24) is 4.90 Å². The van der Waals surface area contributed by atoms with Crippen molar-refractivity contribution in [2.24, 2.45) is 0 Å². The normalized spacial score (nSPS) is 15.4. The first-order chi connectivity index (χ1) is 13.1. The van der Waals surface area contributed by atoms with Crippen LogP contribution in [-0.4, -0.2) is 50.2 Å². The molecule has 1 aliphatic heterocycles. The van der Waals surface area contributed by atoms with E-state index in [4.69, 9.17) is 21.1 Å². The first-order valence-corrected chi connectivity index (χ1v) is 9.58. The highest BCUT2D eigenvalue weighted by Crippen LogP contribution is 2.23. The van der Waals surface area contributed by atoms with Gasteiger partial charge in [-0.3, -0.25) is 4.79 Å². The van der Waals surface area contributed by atoms with Gasteiger partial charge in [-0.2, -0.15) is 0 Å². The van der Waals surface area contributed by atoms with Crippen molar-refractivity contribution in [2.45, 2.75) is 19.4 Å². The van der Waals surface area contributed by atoms with Gasteiger partial charge in [-0.1, -0.05) is 30.7 Å². The van der Waals surface area contributed by atoms with Crippen LogP contribution >= 0.6 is 11.6 Å². The van der Waals surface area contributed by atoms with E-state index in [0.29, 0.717) is 31.0 Å². The molecule has 1 atom stereocenters. The second kappa shape index (κ2) is 9.00. The van der Waals surface area contributed by atoms with Gasteiger partial charge in [0, 0.05) is 43.0 Å². The summed E-state index contributed by atoms with van der Waals surface area (Å²) in [5.74, 6) is 1.39. The topological polar surface area (TPSA) is 42.0 Å². The number of hydrogen-bond acceptors (Lipinski definition) is 4. The standard InChI is InChI=1S/C21H25ClN2O3/c1-3-20(27-19-9-5-8-18(15-19)26-2)21(25)24-12-10-23(11-13-24)17-7-4-6-16(22)14-17/h4-9,14-15,20H,3,10-13H2,1-2H3/t20-/m1/s1. The molecule has 1 saturated heterocycles. The second-order valence-electron chi connectivity index (χ2n) is 6.49. The zero-order chi connectivity index (χ0) is 19.2. The Morgan fingerprint density at radius 3 is 2.44 bits per heavy atom. The molecular formula is C21H25ClN2O3. The molecule has 1 fully saturated rings. The highest BCUT2D eigenvalue weighted by molar-refractivity contribution is 6.30. The molecule has 27 heavy (non-hydrogen) atoms. The molecule has 5 nitrogen and oxygen atoms in total. The molecule has 0 unspecified atom stereocenters. The van der Waals surface area contributed by atoms with E-state index in [2.05, 4.69) is 4.90 Å². The van der Waals surface area contributed by atoms with Crippen LogP contribution in [0.5, 0.6) is 11.5 Å². The molecule has 0 saturated carbocycles. The molecule has 2 aromatic rings. The maximum Gasteiger partial charge on any atom is 0.263 e. The molecule has 0 aromatic heterocycles. The predicted molar refractivity (Wildman–Crippen MR) is 108 cm³/mol. The number of hydrogen-bond donors (Lipinski definition) is 0. The van der Waals surface area contributed by atoms with Gasteiger partial charge >= 0.3 is 0 Å². The summed E-state index contributed by atoms with van der Waals surface area (Å²) in [7, 11) is 1.61. The number of benzene rings is 2. The van der Waals surface area contributed by atoms with E-state index >= 15 is 0 Å². The van der Waals surface area contributed by atoms with E-state index < -0.39 is 6.10 Å². The lowest BCUT2D eigenvalue weighted by atomic mass is 10.2. The quantitative estimate of drug-likeness (QED) is 0.753. The summed E-state index contributed by atoms with van der Waals surface area (Å²) in [5.41, 5.74) is 1.09. The van der Waals surface area contributed by atoms with E-state index in [0.717, 1.165) is 23.8 Å². The lowest BCUT2D eigenvalue weighted by Crippen LogP contribution is -2.52. The van der Waals surface area contributed by atoms with Gasteiger partial charge in [0.1, 0.15) is 11.5 Å². The Morgan fingerprint density at radius 1 is 1.07 bits per heavy atom. The number of ether oxygens (including phenoxy) is 2. The van der Waals surface area contributed by atoms with Crippen molar-refractivity contribution < 1.29 is 14.3 Å². The summed E-state index contributed by atoms with van der Waals surface area (Å²) >= 11 is 6.09. The highest BCUT2D eigenvalue weighted by atomic mass is 35.5. The van der Waals surface area contributed by atoms with Crippen LogP contribution in [0.2, 0.25) is 5.02 Å². The smallest absolute Gasteiger partial charge is 0.263 e. The van der Waals surface area contributed by atoms with Crippen molar-refractivity contribution in [2.75, 3.05) is 38.2 Å². The number of carbonyl (C=O) groups excluding carboxylic acids is 1. The zero-order valence-electron chi connectivity index (χ0n) is 15.7. The van der Waals surface area contributed by atoms with E-state index in [1.807, 2.05) is 54.3 Å². The van der Waals surface area contributed by atoms with Gasteiger partial charge in [0.15, 0.2) is 6.10 Å². The van der Waals surface area contributed by atoms with Gasteiger partial charge < -0.3 is 19.3 Å². The number of methoxy groups -OCH3 is 1. The summed E-state index contributed by atoms with van der Waals surface area (Å²) in [6.07, 6.45) is 0.125. The molecular weight excluding hydrogens is 364 g/mol. The molecule has 0 bridgehead atoms. The van der Waals surface area contributed by atoms with Crippen LogP contribution in [-0.2, 0) is 4.79 Å². The molecule has 144 valence electrons. The second-order valence-corrected chi connectivity index (χ2v) is 6.92. The van der Waals surface area contributed by atoms with Gasteiger partial charge in [0.25, 0.3) is 5.91 Å². The third-order valence-corrected chi connectivity index (χ3v) is 4.97. The Bertz CT molecular complexity index is 776. The fourth-order valence-corrected chi connectivity index (χ4v) is 3.39. The van der Waals surface area contributed by atoms with Gasteiger partial charge in [0.05, 0.1) is 7.11 Å². The molecule has 1 heterocycles. The van der Waals surface area contributed by atoms with Crippen LogP contribution in [0, 0.1) is 0 Å². The number of anilines is 1. The van der Waals surface area contributed by atoms with E-state index in [9.17, 15) is 4.79 Å². The Morgan fingerprint density at radius 2 is 1.78 bits per heavy atom. The molecule has 1 amide bonds. The average molecular weight is 389 g/mol. The highest BCUT2D eigenvalue weighted by Gasteiger charge is 2.28. The van der Waals surface area contributed by atoms with Crippen LogP contribution in [0.4, 0.5) is 5.69 Å². The molecule has 3 rings (SSSR count). The number of halogens is 1. The maximum absolute atomic E-state index is 12.9. The molecule has 0 N–H and O–H groups in total. The van der Waals surface area contributed by atoms with Gasteiger partial charge in [-0.25, -0.2) is 0 Å². The largest absolute Gasteiger partial charge is 0.497 e. The first kappa shape index (κ1) is 19.4. The minimum atomic E-state index is -0.491. The molecule has 0 aliphatic carbocycles. The monoisotopic (exact) mass is 388 g/mol. The number of piperazine rings is 1. The van der Waals surface area contributed by atoms with Gasteiger partial charge in [-0.15, -0.1) is 0 Å². The summed E-state index contributed by atoms with van der Waals surface area (Å²) in [5, 5.41) is 0.726. The lowest BCUT2D eigenvalue weighted by molar-refractivity contribution is -0.139.